The van der Waals surface area contributed by atoms with Gasteiger partial charge in [0, 0.05) is 46.0 Å². The van der Waals surface area contributed by atoms with Gasteiger partial charge in [-0.2, -0.15) is 0 Å². The summed E-state index contributed by atoms with van der Waals surface area (Å²) < 4.78 is 12.6. The Morgan fingerprint density at radius 1 is 1.74 bits per heavy atom. The van der Waals surface area contributed by atoms with Crippen molar-refractivity contribution in [3.8, 4) is 0 Å². The first-order chi connectivity index (χ1) is 9.19. The van der Waals surface area contributed by atoms with Gasteiger partial charge in [0.15, 0.2) is 0 Å². The topological polar surface area (TPSA) is 91.4 Å². The van der Waals surface area contributed by atoms with Crippen molar-refractivity contribution >= 4 is 5.91 Å². The summed E-state index contributed by atoms with van der Waals surface area (Å²) in [4.78, 5) is 16.0. The van der Waals surface area contributed by atoms with E-state index in [4.69, 9.17) is 15.2 Å². The normalized spacial score (nSPS) is 22.6. The molecule has 0 aliphatic carbocycles. The Morgan fingerprint density at radius 3 is 3.21 bits per heavy atom. The highest BCUT2D eigenvalue weighted by atomic mass is 16.5. The van der Waals surface area contributed by atoms with Gasteiger partial charge in [-0.3, -0.25) is 4.79 Å². The fourth-order valence-corrected chi connectivity index (χ4v) is 2.04. The number of nitrogens with two attached hydrogens (primary N) is 1. The molecule has 0 aromatic carbocycles. The summed E-state index contributed by atoms with van der Waals surface area (Å²) in [5.74, 6) is -0.209. The first-order valence-electron chi connectivity index (χ1n) is 6.32. The molecule has 106 valence electrons. The molecule has 0 bridgehead atoms. The molecule has 0 spiro atoms. The van der Waals surface area contributed by atoms with Crippen LogP contribution < -0.4 is 11.1 Å². The second kappa shape index (κ2) is 6.14. The molecule has 1 amide bonds. The van der Waals surface area contributed by atoms with Crippen LogP contribution in [0.2, 0.25) is 0 Å². The largest absolute Gasteiger partial charge is 0.378 e. The van der Waals surface area contributed by atoms with Gasteiger partial charge in [0.2, 0.25) is 0 Å². The molecule has 7 heteroatoms. The van der Waals surface area contributed by atoms with Crippen LogP contribution in [-0.2, 0) is 16.0 Å². The van der Waals surface area contributed by atoms with Gasteiger partial charge in [-0.05, 0) is 0 Å². The Labute approximate surface area is 112 Å². The van der Waals surface area contributed by atoms with Crippen LogP contribution in [0.4, 0.5) is 0 Å². The zero-order valence-corrected chi connectivity index (χ0v) is 11.1. The van der Waals surface area contributed by atoms with Crippen molar-refractivity contribution in [3.63, 3.8) is 0 Å². The summed E-state index contributed by atoms with van der Waals surface area (Å²) in [5.41, 5.74) is 5.42. The number of carbonyl (C=O) groups excluding carboxylic acids is 1. The molecule has 3 N–H and O–H groups in total. The van der Waals surface area contributed by atoms with Gasteiger partial charge in [0.25, 0.3) is 5.91 Å². The van der Waals surface area contributed by atoms with E-state index in [1.54, 1.807) is 24.2 Å². The van der Waals surface area contributed by atoms with Crippen LogP contribution in [0.5, 0.6) is 0 Å². The lowest BCUT2D eigenvalue weighted by Gasteiger charge is -2.25. The van der Waals surface area contributed by atoms with Crippen molar-refractivity contribution in [1.82, 2.24) is 14.9 Å². The van der Waals surface area contributed by atoms with Crippen LogP contribution in [0.3, 0.4) is 0 Å². The lowest BCUT2D eigenvalue weighted by atomic mass is 10.0. The van der Waals surface area contributed by atoms with Gasteiger partial charge in [-0.15, -0.1) is 0 Å². The predicted molar refractivity (Wildman–Crippen MR) is 68.8 cm³/mol. The Morgan fingerprint density at radius 2 is 2.58 bits per heavy atom. The minimum Gasteiger partial charge on any atom is -0.378 e. The summed E-state index contributed by atoms with van der Waals surface area (Å²) in [6, 6.07) is 0. The first kappa shape index (κ1) is 14.0. The van der Waals surface area contributed by atoms with E-state index in [1.165, 1.54) is 0 Å². The van der Waals surface area contributed by atoms with Crippen LogP contribution in [0.25, 0.3) is 0 Å². The Hall–Kier alpha value is -1.44. The fourth-order valence-electron chi connectivity index (χ4n) is 2.04. The minimum atomic E-state index is -0.407. The van der Waals surface area contributed by atoms with E-state index in [-0.39, 0.29) is 5.91 Å². The van der Waals surface area contributed by atoms with Gasteiger partial charge in [-0.1, -0.05) is 0 Å². The van der Waals surface area contributed by atoms with Crippen molar-refractivity contribution in [3.05, 3.63) is 18.2 Å². The quantitative estimate of drug-likeness (QED) is 0.717. The van der Waals surface area contributed by atoms with Crippen molar-refractivity contribution in [2.45, 2.75) is 18.6 Å². The first-order valence-corrected chi connectivity index (χ1v) is 6.32. The molecule has 1 aromatic heterocycles. The standard InChI is InChI=1S/C12H20N4O3/c1-18-12(2-5-19-8-12)7-14-11(17)10-6-16(4-3-13)9-15-10/h6,9H,2-5,7-8,13H2,1H3,(H,14,17). The van der Waals surface area contributed by atoms with Crippen LogP contribution in [0, 0.1) is 0 Å². The maximum Gasteiger partial charge on any atom is 0.271 e. The molecule has 1 aliphatic heterocycles. The molecule has 1 fully saturated rings. The summed E-state index contributed by atoms with van der Waals surface area (Å²) in [7, 11) is 1.64. The van der Waals surface area contributed by atoms with Crippen LogP contribution >= 0.6 is 0 Å². The molecule has 1 aliphatic rings. The van der Waals surface area contributed by atoms with E-state index in [2.05, 4.69) is 10.3 Å². The third-order valence-corrected chi connectivity index (χ3v) is 3.32. The van der Waals surface area contributed by atoms with Gasteiger partial charge in [0.1, 0.15) is 11.3 Å². The lowest BCUT2D eigenvalue weighted by molar-refractivity contribution is -0.0149. The van der Waals surface area contributed by atoms with Crippen molar-refractivity contribution in [2.75, 3.05) is 33.4 Å². The van der Waals surface area contributed by atoms with E-state index >= 15 is 0 Å². The maximum atomic E-state index is 12.0. The number of nitrogens with one attached hydrogen (secondary N) is 1. The molecule has 0 radical (unpaired) electrons. The lowest BCUT2D eigenvalue weighted by Crippen LogP contribution is -2.45. The third-order valence-electron chi connectivity index (χ3n) is 3.32. The number of aromatic nitrogens is 2. The molecular weight excluding hydrogens is 248 g/mol. The molecule has 2 heterocycles. The number of ether oxygens (including phenoxy) is 2. The molecule has 1 aromatic rings. The SMILES string of the molecule is COC1(CNC(=O)c2cn(CCN)cn2)CCOC1. The molecule has 1 saturated heterocycles. The fraction of sp³-hybridized carbons (Fsp3) is 0.667. The zero-order chi connectivity index (χ0) is 13.7. The third kappa shape index (κ3) is 3.31. The average molecular weight is 268 g/mol. The summed E-state index contributed by atoms with van der Waals surface area (Å²) in [6.07, 6.45) is 4.07. The number of amides is 1. The molecule has 1 unspecified atom stereocenters. The van der Waals surface area contributed by atoms with Crippen molar-refractivity contribution in [1.29, 1.82) is 0 Å². The Bertz CT molecular complexity index is 426. The molecule has 7 nitrogen and oxygen atoms in total. The Kier molecular flexibility index (Phi) is 4.52. The number of methoxy groups -OCH3 is 1. The van der Waals surface area contributed by atoms with E-state index in [9.17, 15) is 4.79 Å². The van der Waals surface area contributed by atoms with E-state index in [0.29, 0.717) is 38.5 Å². The van der Waals surface area contributed by atoms with Crippen molar-refractivity contribution < 1.29 is 14.3 Å². The minimum absolute atomic E-state index is 0.209. The van der Waals surface area contributed by atoms with Gasteiger partial charge in [-0.25, -0.2) is 4.98 Å². The zero-order valence-electron chi connectivity index (χ0n) is 11.1. The highest BCUT2D eigenvalue weighted by molar-refractivity contribution is 5.92. The molecule has 19 heavy (non-hydrogen) atoms. The van der Waals surface area contributed by atoms with Crippen LogP contribution in [-0.4, -0.2) is 54.5 Å². The van der Waals surface area contributed by atoms with E-state index < -0.39 is 5.60 Å². The number of hydrogen-bond donors (Lipinski definition) is 2. The second-order valence-electron chi connectivity index (χ2n) is 4.66. The van der Waals surface area contributed by atoms with Gasteiger partial charge >= 0.3 is 0 Å². The maximum absolute atomic E-state index is 12.0. The highest BCUT2D eigenvalue weighted by Gasteiger charge is 2.35. The predicted octanol–water partition coefficient (Wildman–Crippen LogP) is -0.623. The number of imidazole rings is 1. The second-order valence-corrected chi connectivity index (χ2v) is 4.66. The summed E-state index contributed by atoms with van der Waals surface area (Å²) in [6.45, 7) is 2.75. The van der Waals surface area contributed by atoms with Crippen LogP contribution in [0.1, 0.15) is 16.9 Å². The van der Waals surface area contributed by atoms with Crippen molar-refractivity contribution in [2.24, 2.45) is 5.73 Å². The molecule has 0 saturated carbocycles. The molecular formula is C12H20N4O3. The number of rotatable bonds is 6. The summed E-state index contributed by atoms with van der Waals surface area (Å²) >= 11 is 0. The Balaban J connectivity index is 1.89. The van der Waals surface area contributed by atoms with Crippen LogP contribution in [0.15, 0.2) is 12.5 Å². The number of hydrogen-bond acceptors (Lipinski definition) is 5. The van der Waals surface area contributed by atoms with Gasteiger partial charge < -0.3 is 25.1 Å². The monoisotopic (exact) mass is 268 g/mol. The average Bonchev–Trinajstić information content (AvgIpc) is 3.06. The highest BCUT2D eigenvalue weighted by Crippen LogP contribution is 2.21. The number of carbonyl (C=O) groups is 1. The number of nitrogens with zero attached hydrogens (tertiary/aromatic N) is 2. The summed E-state index contributed by atoms with van der Waals surface area (Å²) in [5, 5.41) is 2.84. The molecule has 1 atom stereocenters. The van der Waals surface area contributed by atoms with Gasteiger partial charge in [0.05, 0.1) is 12.9 Å². The van der Waals surface area contributed by atoms with E-state index in [1.807, 2.05) is 0 Å². The smallest absolute Gasteiger partial charge is 0.271 e. The molecule has 2 rings (SSSR count). The van der Waals surface area contributed by atoms with E-state index in [0.717, 1.165) is 6.42 Å².